The van der Waals surface area contributed by atoms with E-state index >= 15 is 0 Å². The quantitative estimate of drug-likeness (QED) is 0.844. The summed E-state index contributed by atoms with van der Waals surface area (Å²) < 4.78 is 27.6. The van der Waals surface area contributed by atoms with Crippen molar-refractivity contribution in [2.45, 2.75) is 37.6 Å². The Kier molecular flexibility index (Phi) is 6.50. The van der Waals surface area contributed by atoms with Gasteiger partial charge in [-0.15, -0.1) is 23.7 Å². The zero-order valence-electron chi connectivity index (χ0n) is 11.5. The summed E-state index contributed by atoms with van der Waals surface area (Å²) in [6.45, 7) is 4.98. The monoisotopic (exact) mass is 402 g/mol. The molecule has 0 spiro atoms. The minimum Gasteiger partial charge on any atom is -0.328 e. The first-order valence-electron chi connectivity index (χ1n) is 6.34. The molecule has 116 valence electrons. The van der Waals surface area contributed by atoms with Gasteiger partial charge in [-0.1, -0.05) is 0 Å². The van der Waals surface area contributed by atoms with E-state index in [0.29, 0.717) is 23.9 Å². The predicted molar refractivity (Wildman–Crippen MR) is 89.1 cm³/mol. The van der Waals surface area contributed by atoms with Gasteiger partial charge in [0.1, 0.15) is 0 Å². The lowest BCUT2D eigenvalue weighted by atomic mass is 9.92. The summed E-state index contributed by atoms with van der Waals surface area (Å²) >= 11 is 4.80. The smallest absolute Gasteiger partial charge is 0.244 e. The molecule has 8 heteroatoms. The number of hydrogen-bond donors (Lipinski definition) is 1. The first kappa shape index (κ1) is 18.4. The van der Waals surface area contributed by atoms with E-state index in [0.717, 1.165) is 21.5 Å². The molecule has 1 aliphatic heterocycles. The van der Waals surface area contributed by atoms with Crippen LogP contribution in [0.5, 0.6) is 0 Å². The van der Waals surface area contributed by atoms with E-state index in [2.05, 4.69) is 15.9 Å². The standard InChI is InChI=1S/C12H19BrN2O2S2.ClH/c1-8(14)10-3-5-15(6-4-10)19(16,17)11-7-12(13)18-9(11)2;/h7-8,10H,3-6,14H2,1-2H3;1H. The third-order valence-electron chi connectivity index (χ3n) is 3.70. The van der Waals surface area contributed by atoms with Crippen LogP contribution in [0.3, 0.4) is 0 Å². The summed E-state index contributed by atoms with van der Waals surface area (Å²) in [4.78, 5) is 1.27. The number of hydrogen-bond acceptors (Lipinski definition) is 4. The van der Waals surface area contributed by atoms with Crippen LogP contribution in [0, 0.1) is 12.8 Å². The van der Waals surface area contributed by atoms with Crippen LogP contribution in [0.25, 0.3) is 0 Å². The van der Waals surface area contributed by atoms with Crippen LogP contribution in [0.4, 0.5) is 0 Å². The molecule has 1 saturated heterocycles. The molecule has 0 aliphatic carbocycles. The molecule has 2 rings (SSSR count). The largest absolute Gasteiger partial charge is 0.328 e. The predicted octanol–water partition coefficient (Wildman–Crippen LogP) is 2.99. The third-order valence-corrected chi connectivity index (χ3v) is 7.41. The van der Waals surface area contributed by atoms with Gasteiger partial charge in [0.05, 0.1) is 8.68 Å². The van der Waals surface area contributed by atoms with E-state index in [-0.39, 0.29) is 18.4 Å². The Labute approximate surface area is 139 Å². The Hall–Kier alpha value is 0.340. The molecule has 2 N–H and O–H groups in total. The lowest BCUT2D eigenvalue weighted by Crippen LogP contribution is -2.42. The fourth-order valence-electron chi connectivity index (χ4n) is 2.47. The average molecular weight is 404 g/mol. The second-order valence-corrected chi connectivity index (χ2v) is 9.61. The highest BCUT2D eigenvalue weighted by Crippen LogP contribution is 2.33. The van der Waals surface area contributed by atoms with Crippen LogP contribution in [-0.2, 0) is 10.0 Å². The van der Waals surface area contributed by atoms with Gasteiger partial charge in [-0.05, 0) is 54.6 Å². The van der Waals surface area contributed by atoms with Crippen molar-refractivity contribution in [2.75, 3.05) is 13.1 Å². The van der Waals surface area contributed by atoms with Crippen molar-refractivity contribution in [3.8, 4) is 0 Å². The lowest BCUT2D eigenvalue weighted by molar-refractivity contribution is 0.250. The van der Waals surface area contributed by atoms with Crippen molar-refractivity contribution in [3.05, 3.63) is 14.7 Å². The van der Waals surface area contributed by atoms with E-state index in [1.165, 1.54) is 11.3 Å². The first-order chi connectivity index (χ1) is 8.82. The minimum absolute atomic E-state index is 0. The molecule has 0 radical (unpaired) electrons. The Bertz CT molecular complexity index is 552. The van der Waals surface area contributed by atoms with Crippen LogP contribution in [0.15, 0.2) is 14.7 Å². The number of nitrogens with two attached hydrogens (primary N) is 1. The maximum absolute atomic E-state index is 12.6. The summed E-state index contributed by atoms with van der Waals surface area (Å²) in [6, 6.07) is 1.84. The Morgan fingerprint density at radius 2 is 2.00 bits per heavy atom. The highest BCUT2D eigenvalue weighted by Gasteiger charge is 2.32. The molecule has 1 aromatic heterocycles. The second kappa shape index (κ2) is 7.07. The molecule has 1 fully saturated rings. The molecule has 1 aliphatic rings. The normalized spacial score (nSPS) is 19.6. The molecule has 0 amide bonds. The van der Waals surface area contributed by atoms with Crippen LogP contribution >= 0.6 is 39.7 Å². The van der Waals surface area contributed by atoms with E-state index in [1.807, 2.05) is 13.8 Å². The van der Waals surface area contributed by atoms with Crippen LogP contribution in [0.1, 0.15) is 24.6 Å². The van der Waals surface area contributed by atoms with E-state index in [4.69, 9.17) is 5.73 Å². The average Bonchev–Trinajstić information content (AvgIpc) is 2.69. The molecule has 0 saturated carbocycles. The van der Waals surface area contributed by atoms with Crippen LogP contribution < -0.4 is 5.73 Å². The zero-order valence-corrected chi connectivity index (χ0v) is 15.5. The molecule has 4 nitrogen and oxygen atoms in total. The second-order valence-electron chi connectivity index (χ2n) is 5.07. The van der Waals surface area contributed by atoms with Crippen molar-refractivity contribution in [1.82, 2.24) is 4.31 Å². The summed E-state index contributed by atoms with van der Waals surface area (Å²) in [5.74, 6) is 0.432. The zero-order chi connectivity index (χ0) is 14.2. The molecule has 1 aromatic rings. The minimum atomic E-state index is -3.35. The summed E-state index contributed by atoms with van der Waals surface area (Å²) in [5.41, 5.74) is 5.89. The molecule has 1 atom stereocenters. The number of piperidine rings is 1. The first-order valence-corrected chi connectivity index (χ1v) is 9.39. The molecule has 0 aromatic carbocycles. The van der Waals surface area contributed by atoms with Crippen molar-refractivity contribution >= 4 is 49.7 Å². The van der Waals surface area contributed by atoms with Gasteiger partial charge in [-0.2, -0.15) is 4.31 Å². The number of nitrogens with zero attached hydrogens (tertiary/aromatic N) is 1. The van der Waals surface area contributed by atoms with Crippen molar-refractivity contribution in [2.24, 2.45) is 11.7 Å². The van der Waals surface area contributed by atoms with E-state index in [1.54, 1.807) is 10.4 Å². The van der Waals surface area contributed by atoms with Gasteiger partial charge in [0.15, 0.2) is 0 Å². The third kappa shape index (κ3) is 3.75. The SMILES string of the molecule is Cc1sc(Br)cc1S(=O)(=O)N1CCC(C(C)N)CC1.Cl. The van der Waals surface area contributed by atoms with Crippen molar-refractivity contribution in [1.29, 1.82) is 0 Å². The van der Waals surface area contributed by atoms with Gasteiger partial charge in [0.2, 0.25) is 10.0 Å². The van der Waals surface area contributed by atoms with Crippen LogP contribution in [0.2, 0.25) is 0 Å². The highest BCUT2D eigenvalue weighted by molar-refractivity contribution is 9.11. The Balaban J connectivity index is 0.00000200. The Morgan fingerprint density at radius 3 is 2.40 bits per heavy atom. The summed E-state index contributed by atoms with van der Waals surface area (Å²) in [7, 11) is -3.35. The van der Waals surface area contributed by atoms with Crippen LogP contribution in [-0.4, -0.2) is 31.9 Å². The maximum atomic E-state index is 12.6. The fourth-order valence-corrected chi connectivity index (χ4v) is 6.32. The lowest BCUT2D eigenvalue weighted by Gasteiger charge is -2.32. The van der Waals surface area contributed by atoms with Gasteiger partial charge in [0, 0.05) is 24.0 Å². The van der Waals surface area contributed by atoms with E-state index in [9.17, 15) is 8.42 Å². The number of thiophene rings is 1. The van der Waals surface area contributed by atoms with Crippen molar-refractivity contribution in [3.63, 3.8) is 0 Å². The molecule has 2 heterocycles. The molecular weight excluding hydrogens is 384 g/mol. The van der Waals surface area contributed by atoms with Crippen molar-refractivity contribution < 1.29 is 8.42 Å². The van der Waals surface area contributed by atoms with Gasteiger partial charge in [-0.25, -0.2) is 8.42 Å². The summed E-state index contributed by atoms with van der Waals surface area (Å²) in [5, 5.41) is 0. The van der Waals surface area contributed by atoms with Gasteiger partial charge in [0.25, 0.3) is 0 Å². The maximum Gasteiger partial charge on any atom is 0.244 e. The van der Waals surface area contributed by atoms with Gasteiger partial charge in [-0.3, -0.25) is 0 Å². The number of halogens is 2. The number of aryl methyl sites for hydroxylation is 1. The van der Waals surface area contributed by atoms with Gasteiger partial charge >= 0.3 is 0 Å². The number of rotatable bonds is 3. The highest BCUT2D eigenvalue weighted by atomic mass is 79.9. The summed E-state index contributed by atoms with van der Waals surface area (Å²) in [6.07, 6.45) is 1.70. The number of sulfonamides is 1. The molecule has 1 unspecified atom stereocenters. The topological polar surface area (TPSA) is 63.4 Å². The van der Waals surface area contributed by atoms with Gasteiger partial charge < -0.3 is 5.73 Å². The Morgan fingerprint density at radius 1 is 1.45 bits per heavy atom. The fraction of sp³-hybridized carbons (Fsp3) is 0.667. The molecular formula is C12H20BrClN2O2S2. The molecule has 0 bridgehead atoms. The van der Waals surface area contributed by atoms with E-state index < -0.39 is 10.0 Å². The molecule has 20 heavy (non-hydrogen) atoms.